The van der Waals surface area contributed by atoms with Crippen LogP contribution in [0.3, 0.4) is 0 Å². The van der Waals surface area contributed by atoms with Gasteiger partial charge in [-0.25, -0.2) is 0 Å². The number of unbranched alkanes of at least 4 members (excludes halogenated alkanes) is 2. The number of benzene rings is 2. The molecule has 0 aromatic heterocycles. The zero-order valence-corrected chi connectivity index (χ0v) is 11.6. The Hall–Kier alpha value is -1.83. The first-order chi connectivity index (χ1) is 9.22. The summed E-state index contributed by atoms with van der Waals surface area (Å²) in [6.45, 7) is 4.42. The van der Waals surface area contributed by atoms with Gasteiger partial charge in [0.05, 0.1) is 12.2 Å². The number of hydrogen-bond donors (Lipinski definition) is 0. The first kappa shape index (κ1) is 13.6. The first-order valence-electron chi connectivity index (χ1n) is 6.89. The van der Waals surface area contributed by atoms with Gasteiger partial charge in [0, 0.05) is 0 Å². The quantitative estimate of drug-likeness (QED) is 0.557. The van der Waals surface area contributed by atoms with Gasteiger partial charge in [-0.3, -0.25) is 4.79 Å². The van der Waals surface area contributed by atoms with Gasteiger partial charge < -0.3 is 4.74 Å². The van der Waals surface area contributed by atoms with Crippen molar-refractivity contribution in [2.24, 2.45) is 0 Å². The maximum atomic E-state index is 11.7. The van der Waals surface area contributed by atoms with E-state index in [4.69, 9.17) is 4.74 Å². The van der Waals surface area contributed by atoms with Gasteiger partial charge in [0.1, 0.15) is 5.75 Å². The maximum absolute atomic E-state index is 11.7. The van der Waals surface area contributed by atoms with Crippen molar-refractivity contribution in [1.29, 1.82) is 0 Å². The molecule has 0 spiro atoms. The molecule has 0 aliphatic carbocycles. The lowest BCUT2D eigenvalue weighted by atomic mass is 10.0. The molecule has 0 fully saturated rings. The summed E-state index contributed by atoms with van der Waals surface area (Å²) < 4.78 is 5.79. The fourth-order valence-corrected chi connectivity index (χ4v) is 2.15. The lowest BCUT2D eigenvalue weighted by Crippen LogP contribution is -2.03. The average Bonchev–Trinajstić information content (AvgIpc) is 2.42. The van der Waals surface area contributed by atoms with Crippen LogP contribution in [-0.4, -0.2) is 12.4 Å². The Morgan fingerprint density at radius 3 is 2.42 bits per heavy atom. The van der Waals surface area contributed by atoms with E-state index in [9.17, 15) is 4.79 Å². The van der Waals surface area contributed by atoms with Crippen LogP contribution in [0.4, 0.5) is 0 Å². The molecule has 0 radical (unpaired) electrons. The van der Waals surface area contributed by atoms with Gasteiger partial charge in [-0.05, 0) is 36.2 Å². The van der Waals surface area contributed by atoms with Crippen molar-refractivity contribution in [3.05, 3.63) is 42.0 Å². The van der Waals surface area contributed by atoms with Gasteiger partial charge in [-0.1, -0.05) is 44.0 Å². The van der Waals surface area contributed by atoms with Crippen molar-refractivity contribution in [2.45, 2.75) is 33.1 Å². The fourth-order valence-electron chi connectivity index (χ4n) is 2.15. The molecule has 0 amide bonds. The van der Waals surface area contributed by atoms with Crippen LogP contribution < -0.4 is 4.74 Å². The summed E-state index contributed by atoms with van der Waals surface area (Å²) in [6, 6.07) is 11.9. The smallest absolute Gasteiger partial charge is 0.163 e. The Morgan fingerprint density at radius 2 is 1.79 bits per heavy atom. The van der Waals surface area contributed by atoms with Gasteiger partial charge in [0.15, 0.2) is 5.78 Å². The Balaban J connectivity index is 2.28. The predicted octanol–water partition coefficient (Wildman–Crippen LogP) is 4.61. The fraction of sp³-hybridized carbons (Fsp3) is 0.353. The maximum Gasteiger partial charge on any atom is 0.163 e. The molecule has 100 valence electrons. The van der Waals surface area contributed by atoms with Crippen molar-refractivity contribution in [2.75, 3.05) is 6.61 Å². The number of rotatable bonds is 6. The van der Waals surface area contributed by atoms with E-state index >= 15 is 0 Å². The summed E-state index contributed by atoms with van der Waals surface area (Å²) in [6.07, 6.45) is 3.35. The number of Topliss-reactive ketones (excluding diaryl/α,β-unsaturated/α-hetero) is 1. The molecule has 0 unspecified atom stereocenters. The van der Waals surface area contributed by atoms with Crippen molar-refractivity contribution < 1.29 is 9.53 Å². The van der Waals surface area contributed by atoms with Crippen LogP contribution in [0.25, 0.3) is 10.8 Å². The molecule has 0 atom stereocenters. The van der Waals surface area contributed by atoms with E-state index < -0.39 is 0 Å². The first-order valence-corrected chi connectivity index (χ1v) is 6.89. The number of ether oxygens (including phenoxy) is 1. The molecule has 2 aromatic rings. The van der Waals surface area contributed by atoms with Crippen molar-refractivity contribution in [3.8, 4) is 5.75 Å². The Bertz CT molecular complexity index is 572. The Morgan fingerprint density at radius 1 is 1.11 bits per heavy atom. The van der Waals surface area contributed by atoms with E-state index in [1.54, 1.807) is 6.92 Å². The number of hydrogen-bond acceptors (Lipinski definition) is 2. The highest BCUT2D eigenvalue weighted by atomic mass is 16.5. The van der Waals surface area contributed by atoms with E-state index in [0.717, 1.165) is 23.6 Å². The number of fused-ring (bicyclic) bond motifs is 1. The zero-order valence-electron chi connectivity index (χ0n) is 11.6. The minimum absolute atomic E-state index is 0.0521. The topological polar surface area (TPSA) is 26.3 Å². The van der Waals surface area contributed by atoms with Crippen LogP contribution in [0.15, 0.2) is 36.4 Å². The Labute approximate surface area is 114 Å². The molecule has 2 aromatic carbocycles. The molecule has 0 saturated heterocycles. The van der Waals surface area contributed by atoms with Gasteiger partial charge in [-0.15, -0.1) is 0 Å². The minimum Gasteiger partial charge on any atom is -0.493 e. The van der Waals surface area contributed by atoms with E-state index in [2.05, 4.69) is 6.92 Å². The third-order valence-corrected chi connectivity index (χ3v) is 3.23. The minimum atomic E-state index is 0.0521. The third kappa shape index (κ3) is 3.34. The molecule has 2 rings (SSSR count). The van der Waals surface area contributed by atoms with Gasteiger partial charge in [0.25, 0.3) is 0 Å². The number of ketones is 1. The van der Waals surface area contributed by atoms with Crippen LogP contribution in [0.2, 0.25) is 0 Å². The second-order valence-corrected chi connectivity index (χ2v) is 4.81. The van der Waals surface area contributed by atoms with Gasteiger partial charge >= 0.3 is 0 Å². The summed E-state index contributed by atoms with van der Waals surface area (Å²) in [5, 5.41) is 2.19. The molecule has 0 bridgehead atoms. The normalized spacial score (nSPS) is 10.6. The highest BCUT2D eigenvalue weighted by molar-refractivity contribution is 6.01. The summed E-state index contributed by atoms with van der Waals surface area (Å²) >= 11 is 0. The van der Waals surface area contributed by atoms with Gasteiger partial charge in [0.2, 0.25) is 0 Å². The molecule has 0 aliphatic heterocycles. The highest BCUT2D eigenvalue weighted by Gasteiger charge is 2.10. The van der Waals surface area contributed by atoms with Crippen LogP contribution in [0.1, 0.15) is 43.5 Å². The highest BCUT2D eigenvalue weighted by Crippen LogP contribution is 2.26. The van der Waals surface area contributed by atoms with Crippen molar-refractivity contribution >= 4 is 16.6 Å². The monoisotopic (exact) mass is 256 g/mol. The standard InChI is InChI=1S/C17H20O2/c1-3-4-7-10-19-17-12-15-9-6-5-8-14(15)11-16(17)13(2)18/h5-6,8-9,11-12H,3-4,7,10H2,1-2H3. The molecule has 0 heterocycles. The van der Waals surface area contributed by atoms with Crippen LogP contribution in [0.5, 0.6) is 5.75 Å². The van der Waals surface area contributed by atoms with E-state index in [0.29, 0.717) is 17.9 Å². The summed E-state index contributed by atoms with van der Waals surface area (Å²) in [4.78, 5) is 11.7. The molecule has 0 N–H and O–H groups in total. The molecule has 0 aliphatic rings. The van der Waals surface area contributed by atoms with E-state index in [-0.39, 0.29) is 5.78 Å². The van der Waals surface area contributed by atoms with Crippen LogP contribution in [0, 0.1) is 0 Å². The number of carbonyl (C=O) groups excluding carboxylic acids is 1. The molecular weight excluding hydrogens is 236 g/mol. The molecule has 19 heavy (non-hydrogen) atoms. The van der Waals surface area contributed by atoms with Crippen molar-refractivity contribution in [3.63, 3.8) is 0 Å². The SMILES string of the molecule is CCCCCOc1cc2ccccc2cc1C(C)=O. The van der Waals surface area contributed by atoms with E-state index in [1.807, 2.05) is 36.4 Å². The number of carbonyl (C=O) groups is 1. The lowest BCUT2D eigenvalue weighted by molar-refractivity contribution is 0.101. The Kier molecular flexibility index (Phi) is 4.56. The summed E-state index contributed by atoms with van der Waals surface area (Å²) in [7, 11) is 0. The van der Waals surface area contributed by atoms with E-state index in [1.165, 1.54) is 6.42 Å². The molecule has 0 saturated carbocycles. The second kappa shape index (κ2) is 6.37. The molecule has 2 nitrogen and oxygen atoms in total. The van der Waals surface area contributed by atoms with Crippen LogP contribution >= 0.6 is 0 Å². The third-order valence-electron chi connectivity index (χ3n) is 3.23. The lowest BCUT2D eigenvalue weighted by Gasteiger charge is -2.11. The molecular formula is C17H20O2. The van der Waals surface area contributed by atoms with Gasteiger partial charge in [-0.2, -0.15) is 0 Å². The van der Waals surface area contributed by atoms with Crippen molar-refractivity contribution in [1.82, 2.24) is 0 Å². The average molecular weight is 256 g/mol. The zero-order chi connectivity index (χ0) is 13.7. The predicted molar refractivity (Wildman–Crippen MR) is 79.0 cm³/mol. The summed E-state index contributed by atoms with van der Waals surface area (Å²) in [5.74, 6) is 0.763. The molecule has 2 heteroatoms. The van der Waals surface area contributed by atoms with Crippen LogP contribution in [-0.2, 0) is 0 Å². The largest absolute Gasteiger partial charge is 0.493 e. The second-order valence-electron chi connectivity index (χ2n) is 4.81. The summed E-state index contributed by atoms with van der Waals surface area (Å²) in [5.41, 5.74) is 0.676.